The summed E-state index contributed by atoms with van der Waals surface area (Å²) in [6.07, 6.45) is 1.62. The minimum absolute atomic E-state index is 0.430. The van der Waals surface area contributed by atoms with Gasteiger partial charge in [0.2, 0.25) is 5.82 Å². The Labute approximate surface area is 107 Å². The fourth-order valence-corrected chi connectivity index (χ4v) is 2.45. The van der Waals surface area contributed by atoms with Crippen molar-refractivity contribution in [2.24, 2.45) is 0 Å². The summed E-state index contributed by atoms with van der Waals surface area (Å²) in [4.78, 5) is 8.30. The quantitative estimate of drug-likeness (QED) is 0.764. The maximum Gasteiger partial charge on any atom is 0.258 e. The molecule has 0 atom stereocenters. The number of nitrogens with zero attached hydrogens (tertiary/aromatic N) is 3. The van der Waals surface area contributed by atoms with Crippen LogP contribution in [0.3, 0.4) is 0 Å². The maximum atomic E-state index is 5.62. The van der Waals surface area contributed by atoms with E-state index in [0.29, 0.717) is 17.5 Å². The first kappa shape index (κ1) is 10.9. The van der Waals surface area contributed by atoms with Crippen LogP contribution in [0.15, 0.2) is 33.6 Å². The summed E-state index contributed by atoms with van der Waals surface area (Å²) in [6.45, 7) is 2.02. The van der Waals surface area contributed by atoms with Gasteiger partial charge in [-0.2, -0.15) is 16.3 Å². The maximum absolute atomic E-state index is 5.62. The van der Waals surface area contributed by atoms with E-state index in [9.17, 15) is 0 Å². The molecule has 5 nitrogen and oxygen atoms in total. The van der Waals surface area contributed by atoms with E-state index in [1.807, 2.05) is 12.3 Å². The predicted octanol–water partition coefficient (Wildman–Crippen LogP) is 2.75. The van der Waals surface area contributed by atoms with Crippen LogP contribution in [0.1, 0.15) is 5.56 Å². The number of nitrogen functional groups attached to an aromatic ring is 1. The standard InChI is InChI=1S/C12H10N4OS/c1-7-5-18-6-9(7)11-15-12(17-16-11)8-2-3-14-10(13)4-8/h2-6H,1H3,(H2,13,14). The summed E-state index contributed by atoms with van der Waals surface area (Å²) in [6, 6.07) is 3.49. The van der Waals surface area contributed by atoms with Crippen LogP contribution in [-0.2, 0) is 0 Å². The number of rotatable bonds is 2. The van der Waals surface area contributed by atoms with E-state index in [1.165, 1.54) is 0 Å². The van der Waals surface area contributed by atoms with Gasteiger partial charge in [0, 0.05) is 22.7 Å². The molecule has 0 aliphatic heterocycles. The molecule has 0 amide bonds. The van der Waals surface area contributed by atoms with E-state index in [-0.39, 0.29) is 0 Å². The Morgan fingerprint density at radius 2 is 2.22 bits per heavy atom. The van der Waals surface area contributed by atoms with Crippen LogP contribution < -0.4 is 5.73 Å². The van der Waals surface area contributed by atoms with E-state index in [0.717, 1.165) is 16.7 Å². The summed E-state index contributed by atoms with van der Waals surface area (Å²) in [5.74, 6) is 1.47. The molecular weight excluding hydrogens is 248 g/mol. The Hall–Kier alpha value is -2.21. The molecule has 0 aromatic carbocycles. The van der Waals surface area contributed by atoms with Gasteiger partial charge in [0.15, 0.2) is 0 Å². The molecule has 0 aliphatic rings. The normalized spacial score (nSPS) is 10.7. The monoisotopic (exact) mass is 258 g/mol. The number of nitrogens with two attached hydrogens (primary N) is 1. The van der Waals surface area contributed by atoms with E-state index >= 15 is 0 Å². The fraction of sp³-hybridized carbons (Fsp3) is 0.0833. The summed E-state index contributed by atoms with van der Waals surface area (Å²) in [7, 11) is 0. The van der Waals surface area contributed by atoms with Gasteiger partial charge >= 0.3 is 0 Å². The molecule has 0 fully saturated rings. The Morgan fingerprint density at radius 3 is 2.94 bits per heavy atom. The van der Waals surface area contributed by atoms with E-state index in [2.05, 4.69) is 20.5 Å². The summed E-state index contributed by atoms with van der Waals surface area (Å²) in [5, 5.41) is 8.04. The zero-order chi connectivity index (χ0) is 12.5. The number of hydrogen-bond acceptors (Lipinski definition) is 6. The van der Waals surface area contributed by atoms with E-state index in [1.54, 1.807) is 29.7 Å². The first-order valence-electron chi connectivity index (χ1n) is 5.33. The van der Waals surface area contributed by atoms with Gasteiger partial charge in [-0.1, -0.05) is 5.16 Å². The molecule has 3 heterocycles. The Bertz CT molecular complexity index is 689. The number of anilines is 1. The highest BCUT2D eigenvalue weighted by Gasteiger charge is 2.13. The Morgan fingerprint density at radius 1 is 1.33 bits per heavy atom. The van der Waals surface area contributed by atoms with Crippen molar-refractivity contribution < 1.29 is 4.52 Å². The minimum atomic E-state index is 0.430. The van der Waals surface area contributed by atoms with E-state index < -0.39 is 0 Å². The average Bonchev–Trinajstić information content (AvgIpc) is 2.97. The highest BCUT2D eigenvalue weighted by atomic mass is 32.1. The molecule has 0 bridgehead atoms. The number of hydrogen-bond donors (Lipinski definition) is 1. The molecule has 6 heteroatoms. The number of thiophene rings is 1. The van der Waals surface area contributed by atoms with Crippen LogP contribution in [0, 0.1) is 6.92 Å². The summed E-state index contributed by atoms with van der Waals surface area (Å²) < 4.78 is 5.24. The number of aromatic nitrogens is 3. The molecule has 0 unspecified atom stereocenters. The SMILES string of the molecule is Cc1cscc1-c1noc(-c2ccnc(N)c2)n1. The van der Waals surface area contributed by atoms with Gasteiger partial charge in [0.1, 0.15) is 5.82 Å². The molecule has 0 aliphatic carbocycles. The second-order valence-electron chi connectivity index (χ2n) is 3.86. The van der Waals surface area contributed by atoms with Crippen LogP contribution in [0.4, 0.5) is 5.82 Å². The van der Waals surface area contributed by atoms with E-state index in [4.69, 9.17) is 10.3 Å². The lowest BCUT2D eigenvalue weighted by molar-refractivity contribution is 0.432. The molecule has 3 aromatic rings. The van der Waals surface area contributed by atoms with Gasteiger partial charge in [-0.05, 0) is 30.0 Å². The minimum Gasteiger partial charge on any atom is -0.384 e. The van der Waals surface area contributed by atoms with Crippen LogP contribution in [0.2, 0.25) is 0 Å². The topological polar surface area (TPSA) is 77.8 Å². The smallest absolute Gasteiger partial charge is 0.258 e. The van der Waals surface area contributed by atoms with Gasteiger partial charge in [-0.25, -0.2) is 4.98 Å². The molecule has 0 saturated carbocycles. The van der Waals surface area contributed by atoms with Crippen molar-refractivity contribution in [3.05, 3.63) is 34.7 Å². The molecule has 3 aromatic heterocycles. The van der Waals surface area contributed by atoms with Crippen molar-refractivity contribution in [3.63, 3.8) is 0 Å². The molecule has 18 heavy (non-hydrogen) atoms. The van der Waals surface area contributed by atoms with Gasteiger partial charge in [-0.3, -0.25) is 0 Å². The van der Waals surface area contributed by atoms with Crippen LogP contribution in [0.25, 0.3) is 22.8 Å². The van der Waals surface area contributed by atoms with Crippen LogP contribution in [0.5, 0.6) is 0 Å². The molecule has 90 valence electrons. The molecule has 3 rings (SSSR count). The van der Waals surface area contributed by atoms with Crippen molar-refractivity contribution in [1.82, 2.24) is 15.1 Å². The summed E-state index contributed by atoms with van der Waals surface area (Å²) in [5.41, 5.74) is 8.53. The zero-order valence-electron chi connectivity index (χ0n) is 9.62. The molecule has 0 radical (unpaired) electrons. The van der Waals surface area contributed by atoms with Gasteiger partial charge in [0.05, 0.1) is 0 Å². The van der Waals surface area contributed by atoms with Crippen LogP contribution in [-0.4, -0.2) is 15.1 Å². The van der Waals surface area contributed by atoms with Crippen molar-refractivity contribution >= 4 is 17.2 Å². The van der Waals surface area contributed by atoms with Gasteiger partial charge in [0.25, 0.3) is 5.89 Å². The van der Waals surface area contributed by atoms with Crippen molar-refractivity contribution in [1.29, 1.82) is 0 Å². The van der Waals surface area contributed by atoms with Gasteiger partial charge < -0.3 is 10.3 Å². The third kappa shape index (κ3) is 1.86. The van der Waals surface area contributed by atoms with Crippen molar-refractivity contribution in [2.45, 2.75) is 6.92 Å². The Balaban J connectivity index is 2.02. The third-order valence-corrected chi connectivity index (χ3v) is 3.41. The van der Waals surface area contributed by atoms with Crippen molar-refractivity contribution in [3.8, 4) is 22.8 Å². The number of aryl methyl sites for hydroxylation is 1. The lowest BCUT2D eigenvalue weighted by atomic mass is 10.2. The lowest BCUT2D eigenvalue weighted by Crippen LogP contribution is -1.89. The highest BCUT2D eigenvalue weighted by Crippen LogP contribution is 2.27. The third-order valence-electron chi connectivity index (χ3n) is 2.55. The van der Waals surface area contributed by atoms with Crippen molar-refractivity contribution in [2.75, 3.05) is 5.73 Å². The molecular formula is C12H10N4OS. The largest absolute Gasteiger partial charge is 0.384 e. The highest BCUT2D eigenvalue weighted by molar-refractivity contribution is 7.08. The predicted molar refractivity (Wildman–Crippen MR) is 70.0 cm³/mol. The molecule has 2 N–H and O–H groups in total. The first-order valence-corrected chi connectivity index (χ1v) is 6.27. The first-order chi connectivity index (χ1) is 8.74. The van der Waals surface area contributed by atoms with Gasteiger partial charge in [-0.15, -0.1) is 0 Å². The fourth-order valence-electron chi connectivity index (χ4n) is 1.62. The Kier molecular flexibility index (Phi) is 2.56. The summed E-state index contributed by atoms with van der Waals surface area (Å²) >= 11 is 1.62. The zero-order valence-corrected chi connectivity index (χ0v) is 10.4. The molecule has 0 spiro atoms. The van der Waals surface area contributed by atoms with Crippen LogP contribution >= 0.6 is 11.3 Å². The molecule has 0 saturated heterocycles. The second-order valence-corrected chi connectivity index (χ2v) is 4.60. The lowest BCUT2D eigenvalue weighted by Gasteiger charge is -1.94. The number of pyridine rings is 1. The average molecular weight is 258 g/mol. The second kappa shape index (κ2) is 4.23.